The van der Waals surface area contributed by atoms with Gasteiger partial charge in [-0.2, -0.15) is 0 Å². The van der Waals surface area contributed by atoms with E-state index in [0.29, 0.717) is 35.4 Å². The van der Waals surface area contributed by atoms with Gasteiger partial charge in [-0.1, -0.05) is 29.3 Å². The number of carbonyl (C=O) groups is 1. The molecule has 0 spiro atoms. The molecule has 7 heteroatoms. The fourth-order valence-corrected chi connectivity index (χ4v) is 3.46. The van der Waals surface area contributed by atoms with Crippen molar-refractivity contribution in [3.63, 3.8) is 0 Å². The van der Waals surface area contributed by atoms with Crippen molar-refractivity contribution in [1.82, 2.24) is 9.55 Å². The van der Waals surface area contributed by atoms with Gasteiger partial charge >= 0.3 is 5.97 Å². The topological polar surface area (TPSA) is 64.3 Å². The number of aliphatic carboxylic acids is 1. The second kappa shape index (κ2) is 8.19. The number of imidazole rings is 1. The van der Waals surface area contributed by atoms with Gasteiger partial charge in [0, 0.05) is 22.5 Å². The Kier molecular flexibility index (Phi) is 5.92. The van der Waals surface area contributed by atoms with Gasteiger partial charge in [0.2, 0.25) is 0 Å². The van der Waals surface area contributed by atoms with Gasteiger partial charge in [0.25, 0.3) is 0 Å². The number of rotatable bonds is 7. The van der Waals surface area contributed by atoms with E-state index in [1.54, 1.807) is 6.07 Å². The second-order valence-electron chi connectivity index (χ2n) is 6.43. The zero-order valence-electron chi connectivity index (χ0n) is 15.1. The summed E-state index contributed by atoms with van der Waals surface area (Å²) in [5.41, 5.74) is 3.82. The highest BCUT2D eigenvalue weighted by molar-refractivity contribution is 6.35. The molecule has 0 unspecified atom stereocenters. The Morgan fingerprint density at radius 2 is 2.00 bits per heavy atom. The maximum absolute atomic E-state index is 10.6. The average molecular weight is 407 g/mol. The van der Waals surface area contributed by atoms with Crippen molar-refractivity contribution >= 4 is 40.2 Å². The van der Waals surface area contributed by atoms with Gasteiger partial charge in [-0.05, 0) is 49.6 Å². The number of fused-ring (bicyclic) bond motifs is 1. The van der Waals surface area contributed by atoms with Crippen LogP contribution < -0.4 is 4.74 Å². The lowest BCUT2D eigenvalue weighted by atomic mass is 10.2. The molecule has 1 heterocycles. The van der Waals surface area contributed by atoms with Crippen LogP contribution in [0.2, 0.25) is 10.0 Å². The molecular weight excluding hydrogens is 387 g/mol. The first-order valence-electron chi connectivity index (χ1n) is 8.61. The van der Waals surface area contributed by atoms with Gasteiger partial charge in [0.05, 0.1) is 24.2 Å². The Morgan fingerprint density at radius 1 is 1.22 bits per heavy atom. The van der Waals surface area contributed by atoms with Crippen LogP contribution in [0.25, 0.3) is 11.0 Å². The van der Waals surface area contributed by atoms with Crippen molar-refractivity contribution in [2.24, 2.45) is 0 Å². The Bertz CT molecular complexity index is 999. The van der Waals surface area contributed by atoms with E-state index in [9.17, 15) is 4.79 Å². The lowest BCUT2D eigenvalue weighted by Gasteiger charge is -2.11. The van der Waals surface area contributed by atoms with E-state index in [-0.39, 0.29) is 6.42 Å². The van der Waals surface area contributed by atoms with Crippen molar-refractivity contribution in [2.45, 2.75) is 33.2 Å². The molecule has 1 aromatic heterocycles. The third-order valence-electron chi connectivity index (χ3n) is 4.36. The molecule has 142 valence electrons. The molecule has 5 nitrogen and oxygen atoms in total. The first-order valence-corrected chi connectivity index (χ1v) is 9.36. The standard InChI is InChI=1S/C20H20Cl2N2O3/c1-12-8-16(27-7-3-4-19(25)26)10-18-20(12)23-13(2)24(18)11-14-5-6-15(21)9-17(14)22/h5-6,8-10H,3-4,7,11H2,1-2H3,(H,25,26). The minimum atomic E-state index is -0.821. The molecule has 0 aliphatic heterocycles. The molecule has 1 N–H and O–H groups in total. The van der Waals surface area contributed by atoms with Gasteiger partial charge in [-0.15, -0.1) is 0 Å². The van der Waals surface area contributed by atoms with E-state index in [1.807, 2.05) is 38.1 Å². The summed E-state index contributed by atoms with van der Waals surface area (Å²) in [7, 11) is 0. The molecule has 0 fully saturated rings. The van der Waals surface area contributed by atoms with E-state index >= 15 is 0 Å². The first-order chi connectivity index (χ1) is 12.8. The Balaban J connectivity index is 1.90. The van der Waals surface area contributed by atoms with Gasteiger partial charge in [-0.25, -0.2) is 4.98 Å². The summed E-state index contributed by atoms with van der Waals surface area (Å²) >= 11 is 12.3. The molecular formula is C20H20Cl2N2O3. The lowest BCUT2D eigenvalue weighted by Crippen LogP contribution is -2.04. The van der Waals surface area contributed by atoms with E-state index in [1.165, 1.54) is 0 Å². The van der Waals surface area contributed by atoms with Crippen LogP contribution in [0.5, 0.6) is 5.75 Å². The van der Waals surface area contributed by atoms with Crippen molar-refractivity contribution in [3.05, 3.63) is 57.3 Å². The number of nitrogens with zero attached hydrogens (tertiary/aromatic N) is 2. The maximum atomic E-state index is 10.6. The summed E-state index contributed by atoms with van der Waals surface area (Å²) in [5.74, 6) is 0.759. The van der Waals surface area contributed by atoms with Crippen LogP contribution in [0.4, 0.5) is 0 Å². The Hall–Kier alpha value is -2.24. The van der Waals surface area contributed by atoms with Crippen LogP contribution in [0, 0.1) is 13.8 Å². The normalized spacial score (nSPS) is 11.1. The number of halogens is 2. The van der Waals surface area contributed by atoms with Gasteiger partial charge in [0.1, 0.15) is 11.6 Å². The zero-order chi connectivity index (χ0) is 19.6. The lowest BCUT2D eigenvalue weighted by molar-refractivity contribution is -0.137. The Labute approximate surface area is 167 Å². The summed E-state index contributed by atoms with van der Waals surface area (Å²) in [6.07, 6.45) is 0.554. The summed E-state index contributed by atoms with van der Waals surface area (Å²) in [6.45, 7) is 4.86. The maximum Gasteiger partial charge on any atom is 0.303 e. The van der Waals surface area contributed by atoms with E-state index in [4.69, 9.17) is 33.0 Å². The smallest absolute Gasteiger partial charge is 0.303 e. The van der Waals surface area contributed by atoms with Crippen LogP contribution >= 0.6 is 23.2 Å². The quantitative estimate of drug-likeness (QED) is 0.544. The highest BCUT2D eigenvalue weighted by Crippen LogP contribution is 2.28. The number of hydrogen-bond donors (Lipinski definition) is 1. The van der Waals surface area contributed by atoms with E-state index < -0.39 is 5.97 Å². The average Bonchev–Trinajstić information content (AvgIpc) is 2.90. The molecule has 0 radical (unpaired) electrons. The van der Waals surface area contributed by atoms with Crippen molar-refractivity contribution < 1.29 is 14.6 Å². The second-order valence-corrected chi connectivity index (χ2v) is 7.28. The van der Waals surface area contributed by atoms with Crippen molar-refractivity contribution in [2.75, 3.05) is 6.61 Å². The van der Waals surface area contributed by atoms with Crippen LogP contribution in [0.15, 0.2) is 30.3 Å². The third-order valence-corrected chi connectivity index (χ3v) is 4.94. The molecule has 0 saturated carbocycles. The predicted octanol–water partition coefficient (Wildman–Crippen LogP) is 5.25. The third kappa shape index (κ3) is 4.54. The number of hydrogen-bond acceptors (Lipinski definition) is 3. The van der Waals surface area contributed by atoms with E-state index in [0.717, 1.165) is 28.0 Å². The summed E-state index contributed by atoms with van der Waals surface area (Å²) in [5, 5.41) is 9.94. The van der Waals surface area contributed by atoms with Crippen molar-refractivity contribution in [3.8, 4) is 5.75 Å². The highest BCUT2D eigenvalue weighted by Gasteiger charge is 2.13. The number of aromatic nitrogens is 2. The van der Waals surface area contributed by atoms with Crippen LogP contribution in [-0.4, -0.2) is 27.2 Å². The van der Waals surface area contributed by atoms with Crippen LogP contribution in [0.1, 0.15) is 29.8 Å². The SMILES string of the molecule is Cc1cc(OCCCC(=O)O)cc2c1nc(C)n2Cc1ccc(Cl)cc1Cl. The molecule has 27 heavy (non-hydrogen) atoms. The molecule has 0 bridgehead atoms. The monoisotopic (exact) mass is 406 g/mol. The first kappa shape index (κ1) is 19.5. The zero-order valence-corrected chi connectivity index (χ0v) is 16.6. The number of ether oxygens (including phenoxy) is 1. The highest BCUT2D eigenvalue weighted by atomic mass is 35.5. The molecule has 3 rings (SSSR count). The number of carboxylic acid groups (broad SMARTS) is 1. The summed E-state index contributed by atoms with van der Waals surface area (Å²) < 4.78 is 7.84. The number of benzene rings is 2. The van der Waals surface area contributed by atoms with Crippen LogP contribution in [-0.2, 0) is 11.3 Å². The largest absolute Gasteiger partial charge is 0.493 e. The molecule has 2 aromatic carbocycles. The molecule has 0 aliphatic rings. The number of carboxylic acids is 1. The van der Waals surface area contributed by atoms with Gasteiger partial charge in [-0.3, -0.25) is 4.79 Å². The minimum Gasteiger partial charge on any atom is -0.493 e. The number of aryl methyl sites for hydroxylation is 2. The molecule has 0 saturated heterocycles. The van der Waals surface area contributed by atoms with Crippen LogP contribution in [0.3, 0.4) is 0 Å². The fraction of sp³-hybridized carbons (Fsp3) is 0.300. The summed E-state index contributed by atoms with van der Waals surface area (Å²) in [6, 6.07) is 9.33. The van der Waals surface area contributed by atoms with Gasteiger partial charge in [0.15, 0.2) is 0 Å². The molecule has 0 aliphatic carbocycles. The van der Waals surface area contributed by atoms with E-state index in [2.05, 4.69) is 9.55 Å². The van der Waals surface area contributed by atoms with Gasteiger partial charge < -0.3 is 14.4 Å². The fourth-order valence-electron chi connectivity index (χ4n) is 2.99. The molecule has 0 amide bonds. The Morgan fingerprint density at radius 3 is 2.70 bits per heavy atom. The van der Waals surface area contributed by atoms with Crippen molar-refractivity contribution in [1.29, 1.82) is 0 Å². The minimum absolute atomic E-state index is 0.0906. The predicted molar refractivity (Wildman–Crippen MR) is 107 cm³/mol. The molecule has 0 atom stereocenters. The molecule has 3 aromatic rings. The summed E-state index contributed by atoms with van der Waals surface area (Å²) in [4.78, 5) is 15.3.